The second-order valence-corrected chi connectivity index (χ2v) is 10.8. The number of fused-ring (bicyclic) bond motifs is 1. The molecule has 0 aliphatic heterocycles. The first-order valence-electron chi connectivity index (χ1n) is 14.1. The van der Waals surface area contributed by atoms with Crippen molar-refractivity contribution in [2.24, 2.45) is 5.73 Å². The Morgan fingerprint density at radius 1 is 1.00 bits per heavy atom. The fourth-order valence-corrected chi connectivity index (χ4v) is 5.55. The van der Waals surface area contributed by atoms with E-state index in [1.54, 1.807) is 7.11 Å². The van der Waals surface area contributed by atoms with Crippen LogP contribution in [0.2, 0.25) is 5.02 Å². The Hall–Kier alpha value is -2.83. The highest BCUT2D eigenvalue weighted by molar-refractivity contribution is 6.31. The van der Waals surface area contributed by atoms with Crippen molar-refractivity contribution in [3.05, 3.63) is 89.1 Å². The molecule has 208 valence electrons. The molecule has 0 saturated heterocycles. The minimum atomic E-state index is 0.442. The van der Waals surface area contributed by atoms with Gasteiger partial charge in [0.25, 0.3) is 0 Å². The molecule has 0 saturated carbocycles. The smallest absolute Gasteiger partial charge is 0.118 e. The summed E-state index contributed by atoms with van der Waals surface area (Å²) in [6.45, 7) is 9.91. The number of halogens is 1. The number of aryl methyl sites for hydroxylation is 1. The van der Waals surface area contributed by atoms with Crippen molar-refractivity contribution in [1.82, 2.24) is 14.4 Å². The molecule has 39 heavy (non-hydrogen) atoms. The third-order valence-corrected chi connectivity index (χ3v) is 8.11. The monoisotopic (exact) mass is 546 g/mol. The van der Waals surface area contributed by atoms with Crippen LogP contribution in [-0.2, 0) is 19.6 Å². The van der Waals surface area contributed by atoms with E-state index in [-0.39, 0.29) is 0 Å². The van der Waals surface area contributed by atoms with E-state index in [4.69, 9.17) is 22.1 Å². The molecule has 0 amide bonds. The molecule has 2 N–H and O–H groups in total. The van der Waals surface area contributed by atoms with Gasteiger partial charge in [0.05, 0.1) is 7.11 Å². The topological polar surface area (TPSA) is 46.7 Å². The molecule has 0 aliphatic rings. The van der Waals surface area contributed by atoms with E-state index in [0.717, 1.165) is 56.3 Å². The number of nitrogens with two attached hydrogens (primary N) is 1. The summed E-state index contributed by atoms with van der Waals surface area (Å²) in [5, 5.41) is 2.12. The molecule has 0 fully saturated rings. The fraction of sp³-hybridized carbons (Fsp3) is 0.394. The number of benzene rings is 3. The predicted octanol–water partition coefficient (Wildman–Crippen LogP) is 7.05. The predicted molar refractivity (Wildman–Crippen MR) is 166 cm³/mol. The Balaban J connectivity index is 1.56. The zero-order valence-corrected chi connectivity index (χ0v) is 24.6. The zero-order valence-electron chi connectivity index (χ0n) is 23.9. The van der Waals surface area contributed by atoms with Crippen molar-refractivity contribution in [2.75, 3.05) is 33.8 Å². The van der Waals surface area contributed by atoms with Crippen molar-refractivity contribution in [3.8, 4) is 16.9 Å². The summed E-state index contributed by atoms with van der Waals surface area (Å²) in [6, 6.07) is 23.9. The van der Waals surface area contributed by atoms with E-state index in [1.165, 1.54) is 33.2 Å². The summed E-state index contributed by atoms with van der Waals surface area (Å²) in [7, 11) is 3.92. The highest BCUT2D eigenvalue weighted by atomic mass is 35.5. The largest absolute Gasteiger partial charge is 0.497 e. The van der Waals surface area contributed by atoms with E-state index >= 15 is 0 Å². The SMILES string of the molecule is CCC(CN(CC)Cc1ccc2c(c1)c(-c1ccc(OC)cc1)cn2CCCN)N(C)Cc1ccccc1Cl. The van der Waals surface area contributed by atoms with Gasteiger partial charge in [-0.1, -0.05) is 61.8 Å². The minimum absolute atomic E-state index is 0.442. The second-order valence-electron chi connectivity index (χ2n) is 10.4. The number of nitrogens with zero attached hydrogens (tertiary/aromatic N) is 3. The van der Waals surface area contributed by atoms with Gasteiger partial charge in [-0.25, -0.2) is 0 Å². The van der Waals surface area contributed by atoms with E-state index in [0.29, 0.717) is 12.6 Å². The molecule has 4 aromatic rings. The lowest BCUT2D eigenvalue weighted by atomic mass is 10.0. The van der Waals surface area contributed by atoms with Gasteiger partial charge in [0.1, 0.15) is 5.75 Å². The molecular formula is C33H43ClN4O. The average Bonchev–Trinajstić information content (AvgIpc) is 3.32. The van der Waals surface area contributed by atoms with Gasteiger partial charge in [-0.2, -0.15) is 0 Å². The first kappa shape index (κ1) is 29.2. The number of ether oxygens (including phenoxy) is 1. The number of rotatable bonds is 14. The highest BCUT2D eigenvalue weighted by Crippen LogP contribution is 2.33. The van der Waals surface area contributed by atoms with Crippen molar-refractivity contribution in [1.29, 1.82) is 0 Å². The zero-order chi connectivity index (χ0) is 27.8. The summed E-state index contributed by atoms with van der Waals surface area (Å²) in [5.74, 6) is 0.870. The van der Waals surface area contributed by atoms with E-state index in [9.17, 15) is 0 Å². The van der Waals surface area contributed by atoms with Crippen LogP contribution in [0, 0.1) is 0 Å². The maximum atomic E-state index is 6.45. The molecule has 5 nitrogen and oxygen atoms in total. The lowest BCUT2D eigenvalue weighted by molar-refractivity contribution is 0.152. The van der Waals surface area contributed by atoms with Gasteiger partial charge in [0.2, 0.25) is 0 Å². The third kappa shape index (κ3) is 7.23. The van der Waals surface area contributed by atoms with Crippen molar-refractivity contribution in [2.45, 2.75) is 52.4 Å². The summed E-state index contributed by atoms with van der Waals surface area (Å²) in [5.41, 5.74) is 12.1. The molecule has 0 aliphatic carbocycles. The first-order valence-corrected chi connectivity index (χ1v) is 14.5. The molecular weight excluding hydrogens is 504 g/mol. The fourth-order valence-electron chi connectivity index (χ4n) is 5.36. The van der Waals surface area contributed by atoms with Crippen LogP contribution in [-0.4, -0.2) is 54.2 Å². The number of likely N-dealkylation sites (N-methyl/N-ethyl adjacent to an activating group) is 2. The van der Waals surface area contributed by atoms with Crippen LogP contribution in [0.3, 0.4) is 0 Å². The highest BCUT2D eigenvalue weighted by Gasteiger charge is 2.19. The Kier molecular flexibility index (Phi) is 10.5. The minimum Gasteiger partial charge on any atom is -0.497 e. The lowest BCUT2D eigenvalue weighted by Gasteiger charge is -2.32. The Morgan fingerprint density at radius 3 is 2.44 bits per heavy atom. The molecule has 0 bridgehead atoms. The van der Waals surface area contributed by atoms with E-state index in [1.807, 2.05) is 24.3 Å². The molecule has 3 aromatic carbocycles. The van der Waals surface area contributed by atoms with Crippen molar-refractivity contribution < 1.29 is 4.74 Å². The normalized spacial score (nSPS) is 12.5. The Morgan fingerprint density at radius 2 is 1.77 bits per heavy atom. The maximum absolute atomic E-state index is 6.45. The summed E-state index contributed by atoms with van der Waals surface area (Å²) in [4.78, 5) is 4.99. The van der Waals surface area contributed by atoms with Crippen LogP contribution in [0.4, 0.5) is 0 Å². The summed E-state index contributed by atoms with van der Waals surface area (Å²) >= 11 is 6.45. The standard InChI is InChI=1S/C33H43ClN4O/c1-5-28(36(3)22-27-10-7-8-11-32(27)34)23-37(6-2)21-25-12-17-33-30(20-25)31(24-38(33)19-9-18-35)26-13-15-29(39-4)16-14-26/h7-8,10-17,20,24,28H,5-6,9,18-19,21-23,35H2,1-4H3. The van der Waals surface area contributed by atoms with Gasteiger partial charge in [0.15, 0.2) is 0 Å². The molecule has 1 heterocycles. The van der Waals surface area contributed by atoms with E-state index < -0.39 is 0 Å². The van der Waals surface area contributed by atoms with Crippen LogP contribution in [0.5, 0.6) is 5.75 Å². The molecule has 0 spiro atoms. The maximum Gasteiger partial charge on any atom is 0.118 e. The van der Waals surface area contributed by atoms with Crippen LogP contribution in [0.1, 0.15) is 37.8 Å². The average molecular weight is 547 g/mol. The van der Waals surface area contributed by atoms with Gasteiger partial charge in [-0.05, 0) is 80.0 Å². The summed E-state index contributed by atoms with van der Waals surface area (Å²) < 4.78 is 7.74. The van der Waals surface area contributed by atoms with Gasteiger partial charge in [0, 0.05) is 59.9 Å². The van der Waals surface area contributed by atoms with E-state index in [2.05, 4.69) is 83.9 Å². The van der Waals surface area contributed by atoms with Crippen molar-refractivity contribution in [3.63, 3.8) is 0 Å². The van der Waals surface area contributed by atoms with Crippen LogP contribution in [0.25, 0.3) is 22.0 Å². The van der Waals surface area contributed by atoms with Gasteiger partial charge >= 0.3 is 0 Å². The molecule has 4 rings (SSSR count). The molecule has 1 atom stereocenters. The van der Waals surface area contributed by atoms with Crippen LogP contribution in [0.15, 0.2) is 72.9 Å². The van der Waals surface area contributed by atoms with Crippen LogP contribution >= 0.6 is 11.6 Å². The molecule has 0 radical (unpaired) electrons. The molecule has 1 unspecified atom stereocenters. The Labute approximate surface area is 239 Å². The molecule has 1 aromatic heterocycles. The van der Waals surface area contributed by atoms with Crippen LogP contribution < -0.4 is 10.5 Å². The summed E-state index contributed by atoms with van der Waals surface area (Å²) in [6.07, 6.45) is 4.32. The Bertz CT molecular complexity index is 1330. The van der Waals surface area contributed by atoms with Gasteiger partial charge in [-0.15, -0.1) is 0 Å². The molecule has 6 heteroatoms. The quantitative estimate of drug-likeness (QED) is 0.184. The number of hydrogen-bond acceptors (Lipinski definition) is 4. The first-order chi connectivity index (χ1) is 19.0. The lowest BCUT2D eigenvalue weighted by Crippen LogP contribution is -2.41. The van der Waals surface area contributed by atoms with Gasteiger partial charge < -0.3 is 15.0 Å². The number of hydrogen-bond donors (Lipinski definition) is 1. The van der Waals surface area contributed by atoms with Crippen molar-refractivity contribution >= 4 is 22.5 Å². The number of methoxy groups -OCH3 is 1. The second kappa shape index (κ2) is 14.0. The third-order valence-electron chi connectivity index (χ3n) is 7.74. The number of aromatic nitrogens is 1. The van der Waals surface area contributed by atoms with Gasteiger partial charge in [-0.3, -0.25) is 9.80 Å².